The second-order valence-corrected chi connectivity index (χ2v) is 4.85. The van der Waals surface area contributed by atoms with Gasteiger partial charge in [-0.05, 0) is 24.6 Å². The highest BCUT2D eigenvalue weighted by atomic mass is 127. The Kier molecular flexibility index (Phi) is 8.35. The van der Waals surface area contributed by atoms with Crippen LogP contribution < -0.4 is 11.1 Å². The second kappa shape index (κ2) is 8.28. The normalized spacial score (nSPS) is 17.9. The Morgan fingerprint density at radius 1 is 1.35 bits per heavy atom. The summed E-state index contributed by atoms with van der Waals surface area (Å²) in [6, 6.07) is 0.346. The fourth-order valence-electron chi connectivity index (χ4n) is 1.65. The number of aliphatic imine (C=N–C) groups is 1. The Labute approximate surface area is 120 Å². The van der Waals surface area contributed by atoms with Crippen molar-refractivity contribution >= 4 is 41.7 Å². The van der Waals surface area contributed by atoms with Crippen LogP contribution in [0.2, 0.25) is 0 Å². The molecule has 0 radical (unpaired) electrons. The Morgan fingerprint density at radius 3 is 2.47 bits per heavy atom. The topological polar surface area (TPSA) is 50.4 Å². The van der Waals surface area contributed by atoms with E-state index < -0.39 is 5.51 Å². The first kappa shape index (κ1) is 17.1. The number of guanidine groups is 1. The molecular formula is C9H17F3IN3S. The molecule has 17 heavy (non-hydrogen) atoms. The molecular weight excluding hydrogens is 366 g/mol. The highest BCUT2D eigenvalue weighted by Gasteiger charge is 2.27. The van der Waals surface area contributed by atoms with E-state index in [-0.39, 0.29) is 54.0 Å². The smallest absolute Gasteiger partial charge is 0.370 e. The van der Waals surface area contributed by atoms with Gasteiger partial charge in [-0.3, -0.25) is 4.99 Å². The fourth-order valence-corrected chi connectivity index (χ4v) is 2.07. The highest BCUT2D eigenvalue weighted by Crippen LogP contribution is 2.29. The summed E-state index contributed by atoms with van der Waals surface area (Å²) in [6.07, 6.45) is 4.48. The zero-order valence-corrected chi connectivity index (χ0v) is 12.4. The maximum Gasteiger partial charge on any atom is 0.441 e. The summed E-state index contributed by atoms with van der Waals surface area (Å²) >= 11 is -0.0721. The van der Waals surface area contributed by atoms with Gasteiger partial charge >= 0.3 is 5.51 Å². The Hall–Kier alpha value is 0.140. The average molecular weight is 383 g/mol. The molecule has 0 heterocycles. The molecule has 0 bridgehead atoms. The van der Waals surface area contributed by atoms with Crippen molar-refractivity contribution in [2.75, 3.05) is 12.3 Å². The third kappa shape index (κ3) is 8.81. The number of hydrogen-bond donors (Lipinski definition) is 2. The molecule has 0 spiro atoms. The quantitative estimate of drug-likeness (QED) is 0.340. The minimum atomic E-state index is -4.18. The van der Waals surface area contributed by atoms with E-state index in [2.05, 4.69) is 10.3 Å². The van der Waals surface area contributed by atoms with Gasteiger partial charge in [-0.2, -0.15) is 13.2 Å². The fraction of sp³-hybridized carbons (Fsp3) is 0.889. The van der Waals surface area contributed by atoms with Crippen molar-refractivity contribution in [2.24, 2.45) is 10.7 Å². The summed E-state index contributed by atoms with van der Waals surface area (Å²) in [7, 11) is 0. The monoisotopic (exact) mass is 383 g/mol. The van der Waals surface area contributed by atoms with Crippen molar-refractivity contribution in [3.63, 3.8) is 0 Å². The third-order valence-electron chi connectivity index (χ3n) is 2.35. The van der Waals surface area contributed by atoms with Crippen LogP contribution in [0, 0.1) is 0 Å². The van der Waals surface area contributed by atoms with Crippen LogP contribution in [-0.2, 0) is 0 Å². The predicted molar refractivity (Wildman–Crippen MR) is 75.8 cm³/mol. The van der Waals surface area contributed by atoms with Crippen LogP contribution in [0.1, 0.15) is 25.7 Å². The minimum absolute atomic E-state index is 0. The van der Waals surface area contributed by atoms with Crippen LogP contribution in [-0.4, -0.2) is 29.8 Å². The van der Waals surface area contributed by atoms with Crippen LogP contribution in [0.3, 0.4) is 0 Å². The highest BCUT2D eigenvalue weighted by molar-refractivity contribution is 14.0. The molecule has 3 N–H and O–H groups in total. The van der Waals surface area contributed by atoms with Gasteiger partial charge in [0.25, 0.3) is 0 Å². The van der Waals surface area contributed by atoms with Gasteiger partial charge < -0.3 is 11.1 Å². The first-order chi connectivity index (χ1) is 7.47. The van der Waals surface area contributed by atoms with E-state index in [1.807, 2.05) is 0 Å². The first-order valence-corrected chi connectivity index (χ1v) is 6.23. The molecule has 3 nitrogen and oxygen atoms in total. The van der Waals surface area contributed by atoms with Crippen LogP contribution in [0.5, 0.6) is 0 Å². The van der Waals surface area contributed by atoms with E-state index in [0.29, 0.717) is 6.04 Å². The number of alkyl halides is 3. The van der Waals surface area contributed by atoms with Gasteiger partial charge in [0.05, 0.1) is 6.54 Å². The van der Waals surface area contributed by atoms with Crippen molar-refractivity contribution < 1.29 is 13.2 Å². The van der Waals surface area contributed by atoms with E-state index in [1.54, 1.807) is 0 Å². The van der Waals surface area contributed by atoms with E-state index in [1.165, 1.54) is 12.8 Å². The lowest BCUT2D eigenvalue weighted by Crippen LogP contribution is -2.38. The number of nitrogens with one attached hydrogen (secondary N) is 1. The molecule has 0 aromatic heterocycles. The summed E-state index contributed by atoms with van der Waals surface area (Å²) in [5.74, 6) is 0.172. The summed E-state index contributed by atoms with van der Waals surface area (Å²) in [6.45, 7) is 0.0930. The number of hydrogen-bond acceptors (Lipinski definition) is 2. The van der Waals surface area contributed by atoms with Gasteiger partial charge in [0, 0.05) is 11.8 Å². The number of halogens is 4. The SMILES string of the molecule is I.NC(=NCCSC(F)(F)F)NC1CCCC1. The van der Waals surface area contributed by atoms with Crippen LogP contribution in [0.4, 0.5) is 13.2 Å². The molecule has 0 aliphatic heterocycles. The lowest BCUT2D eigenvalue weighted by Gasteiger charge is -2.12. The molecule has 1 rings (SSSR count). The molecule has 1 fully saturated rings. The van der Waals surface area contributed by atoms with Crippen molar-refractivity contribution in [2.45, 2.75) is 37.2 Å². The lowest BCUT2D eigenvalue weighted by molar-refractivity contribution is -0.0327. The molecule has 1 aliphatic rings. The van der Waals surface area contributed by atoms with E-state index in [0.717, 1.165) is 12.8 Å². The Balaban J connectivity index is 0.00000256. The van der Waals surface area contributed by atoms with Crippen molar-refractivity contribution in [1.29, 1.82) is 0 Å². The van der Waals surface area contributed by atoms with Crippen molar-refractivity contribution in [3.8, 4) is 0 Å². The lowest BCUT2D eigenvalue weighted by atomic mass is 10.3. The van der Waals surface area contributed by atoms with Gasteiger partial charge in [0.1, 0.15) is 0 Å². The van der Waals surface area contributed by atoms with Gasteiger partial charge in [0.2, 0.25) is 0 Å². The molecule has 1 aliphatic carbocycles. The maximum absolute atomic E-state index is 11.8. The van der Waals surface area contributed by atoms with Crippen LogP contribution in [0.15, 0.2) is 4.99 Å². The Morgan fingerprint density at radius 2 is 1.94 bits per heavy atom. The molecule has 0 aromatic rings. The maximum atomic E-state index is 11.8. The van der Waals surface area contributed by atoms with Gasteiger partial charge in [-0.25, -0.2) is 0 Å². The summed E-state index contributed by atoms with van der Waals surface area (Å²) in [5.41, 5.74) is 1.37. The van der Waals surface area contributed by atoms with Gasteiger partial charge in [0.15, 0.2) is 5.96 Å². The predicted octanol–water partition coefficient (Wildman–Crippen LogP) is 2.70. The second-order valence-electron chi connectivity index (χ2n) is 3.69. The molecule has 0 unspecified atom stereocenters. The number of nitrogens with zero attached hydrogens (tertiary/aromatic N) is 1. The molecule has 0 saturated heterocycles. The average Bonchev–Trinajstić information content (AvgIpc) is 2.63. The molecule has 0 aromatic carbocycles. The van der Waals surface area contributed by atoms with Crippen LogP contribution >= 0.6 is 35.7 Å². The van der Waals surface area contributed by atoms with E-state index in [9.17, 15) is 13.2 Å². The first-order valence-electron chi connectivity index (χ1n) is 5.24. The molecule has 0 atom stereocenters. The molecule has 8 heteroatoms. The van der Waals surface area contributed by atoms with Crippen LogP contribution in [0.25, 0.3) is 0 Å². The van der Waals surface area contributed by atoms with Gasteiger partial charge in [-0.15, -0.1) is 24.0 Å². The standard InChI is InChI=1S/C9H16F3N3S.HI/c10-9(11,12)16-6-5-14-8(13)15-7-3-1-2-4-7;/h7H,1-6H2,(H3,13,14,15);1H. The van der Waals surface area contributed by atoms with E-state index in [4.69, 9.17) is 5.73 Å². The van der Waals surface area contributed by atoms with Gasteiger partial charge in [-0.1, -0.05) is 12.8 Å². The summed E-state index contributed by atoms with van der Waals surface area (Å²) < 4.78 is 35.3. The Bertz CT molecular complexity index is 242. The van der Waals surface area contributed by atoms with Crippen molar-refractivity contribution in [1.82, 2.24) is 5.32 Å². The minimum Gasteiger partial charge on any atom is -0.370 e. The number of thioether (sulfide) groups is 1. The van der Waals surface area contributed by atoms with E-state index >= 15 is 0 Å². The zero-order valence-electron chi connectivity index (χ0n) is 9.29. The molecule has 102 valence electrons. The number of nitrogens with two attached hydrogens (primary N) is 1. The summed E-state index contributed by atoms with van der Waals surface area (Å²) in [4.78, 5) is 3.85. The summed E-state index contributed by atoms with van der Waals surface area (Å²) in [5, 5.41) is 3.01. The number of rotatable bonds is 4. The zero-order chi connectivity index (χ0) is 12.0. The molecule has 0 amide bonds. The molecule has 1 saturated carbocycles. The third-order valence-corrected chi connectivity index (χ3v) is 3.06. The largest absolute Gasteiger partial charge is 0.441 e. The van der Waals surface area contributed by atoms with Crippen molar-refractivity contribution in [3.05, 3.63) is 0 Å².